The van der Waals surface area contributed by atoms with Crippen LogP contribution in [-0.2, 0) is 28.7 Å². The summed E-state index contributed by atoms with van der Waals surface area (Å²) in [7, 11) is 0. The fourth-order valence-corrected chi connectivity index (χ4v) is 1.93. The van der Waals surface area contributed by atoms with E-state index in [1.807, 2.05) is 0 Å². The highest BCUT2D eigenvalue weighted by Crippen LogP contribution is 2.06. The molecule has 10 heteroatoms. The molecule has 0 bridgehead atoms. The van der Waals surface area contributed by atoms with Crippen LogP contribution in [-0.4, -0.2) is 49.1 Å². The van der Waals surface area contributed by atoms with Gasteiger partial charge in [0.2, 0.25) is 0 Å². The van der Waals surface area contributed by atoms with E-state index >= 15 is 0 Å². The van der Waals surface area contributed by atoms with Crippen molar-refractivity contribution in [2.75, 3.05) is 13.1 Å². The highest BCUT2D eigenvalue weighted by Gasteiger charge is 2.19. The smallest absolute Gasteiger partial charge is 0.330 e. The number of ether oxygens (including phenoxy) is 2. The van der Waals surface area contributed by atoms with Gasteiger partial charge in [-0.3, -0.25) is 9.59 Å². The van der Waals surface area contributed by atoms with Gasteiger partial charge in [-0.1, -0.05) is 0 Å². The Bertz CT molecular complexity index is 430. The molecule has 0 spiro atoms. The molecule has 0 aromatic carbocycles. The summed E-state index contributed by atoms with van der Waals surface area (Å²) < 4.78 is 9.22. The number of rotatable bonds is 13. The average Bonchev–Trinajstić information content (AvgIpc) is 2.60. The van der Waals surface area contributed by atoms with Crippen LogP contribution in [0.25, 0.3) is 0 Å². The third-order valence-corrected chi connectivity index (χ3v) is 3.48. The number of unbranched alkanes of at least 4 members (excludes halogenated alkanes) is 1. The first kappa shape index (κ1) is 24.1. The second kappa shape index (κ2) is 14.3. The van der Waals surface area contributed by atoms with Gasteiger partial charge >= 0.3 is 23.9 Å². The van der Waals surface area contributed by atoms with Crippen molar-refractivity contribution in [3.8, 4) is 0 Å². The van der Waals surface area contributed by atoms with Crippen LogP contribution >= 0.6 is 0 Å². The molecule has 0 aliphatic carbocycles. The summed E-state index contributed by atoms with van der Waals surface area (Å²) in [6.45, 7) is 0.789. The van der Waals surface area contributed by atoms with Gasteiger partial charge in [0.05, 0.1) is 0 Å². The number of hydrogen-bond acceptors (Lipinski definition) is 10. The molecule has 0 radical (unpaired) electrons. The lowest BCUT2D eigenvalue weighted by Gasteiger charge is -2.10. The summed E-state index contributed by atoms with van der Waals surface area (Å²) in [6, 6.07) is -1.76. The van der Waals surface area contributed by atoms with Crippen molar-refractivity contribution >= 4 is 23.9 Å². The minimum Gasteiger partial charge on any atom is -0.392 e. The molecule has 0 unspecified atom stereocenters. The molecule has 0 aliphatic rings. The van der Waals surface area contributed by atoms with Gasteiger partial charge in [-0.25, -0.2) is 9.59 Å². The summed E-state index contributed by atoms with van der Waals surface area (Å²) in [5.74, 6) is -3.02. The average molecular weight is 374 g/mol. The van der Waals surface area contributed by atoms with Crippen LogP contribution in [0.2, 0.25) is 0 Å². The highest BCUT2D eigenvalue weighted by molar-refractivity contribution is 5.89. The molecule has 0 rings (SSSR count). The zero-order chi connectivity index (χ0) is 19.9. The largest absolute Gasteiger partial charge is 0.392 e. The predicted octanol–water partition coefficient (Wildman–Crippen LogP) is -1.18. The molecular formula is C16H30N4O6. The van der Waals surface area contributed by atoms with Gasteiger partial charge in [-0.15, -0.1) is 0 Å². The number of nitrogens with two attached hydrogens (primary N) is 4. The van der Waals surface area contributed by atoms with E-state index in [2.05, 4.69) is 9.47 Å². The Hall–Kier alpha value is -1.88. The topological polar surface area (TPSA) is 191 Å². The summed E-state index contributed by atoms with van der Waals surface area (Å²) in [5, 5.41) is 0. The van der Waals surface area contributed by atoms with Gasteiger partial charge in [0, 0.05) is 12.8 Å². The maximum Gasteiger partial charge on any atom is 0.330 e. The van der Waals surface area contributed by atoms with E-state index in [-0.39, 0.29) is 12.8 Å². The maximum atomic E-state index is 11.5. The SMILES string of the molecule is NCCC[C@@H](N)C(=O)OC(=O)CCCCC(=O)OC(=O)[C@H](N)CCCN. The minimum absolute atomic E-state index is 0.0490. The molecule has 0 aliphatic heterocycles. The summed E-state index contributed by atoms with van der Waals surface area (Å²) >= 11 is 0. The van der Waals surface area contributed by atoms with Crippen LogP contribution in [0.5, 0.6) is 0 Å². The first-order valence-corrected chi connectivity index (χ1v) is 8.72. The van der Waals surface area contributed by atoms with Crippen molar-refractivity contribution < 1.29 is 28.7 Å². The van der Waals surface area contributed by atoms with Crippen LogP contribution in [0.1, 0.15) is 51.4 Å². The Kier molecular flexibility index (Phi) is 13.3. The van der Waals surface area contributed by atoms with Crippen molar-refractivity contribution in [2.24, 2.45) is 22.9 Å². The lowest BCUT2D eigenvalue weighted by Crippen LogP contribution is -2.34. The Labute approximate surface area is 152 Å². The van der Waals surface area contributed by atoms with Crippen LogP contribution < -0.4 is 22.9 Å². The first-order chi connectivity index (χ1) is 12.3. The van der Waals surface area contributed by atoms with Crippen molar-refractivity contribution in [1.29, 1.82) is 0 Å². The molecule has 8 N–H and O–H groups in total. The van der Waals surface area contributed by atoms with Gasteiger partial charge in [0.25, 0.3) is 0 Å². The molecule has 0 aromatic heterocycles. The van der Waals surface area contributed by atoms with Crippen LogP contribution in [0, 0.1) is 0 Å². The fraction of sp³-hybridized carbons (Fsp3) is 0.750. The van der Waals surface area contributed by atoms with Gasteiger partial charge in [0.15, 0.2) is 0 Å². The Morgan fingerprint density at radius 1 is 0.654 bits per heavy atom. The third kappa shape index (κ3) is 11.6. The van der Waals surface area contributed by atoms with Crippen molar-refractivity contribution in [3.05, 3.63) is 0 Å². The fourth-order valence-electron chi connectivity index (χ4n) is 1.93. The first-order valence-electron chi connectivity index (χ1n) is 8.72. The molecule has 10 nitrogen and oxygen atoms in total. The van der Waals surface area contributed by atoms with Crippen LogP contribution in [0.15, 0.2) is 0 Å². The molecule has 0 aromatic rings. The number of hydrogen-bond donors (Lipinski definition) is 4. The molecule has 0 saturated carbocycles. The lowest BCUT2D eigenvalue weighted by atomic mass is 10.1. The molecule has 0 fully saturated rings. The third-order valence-electron chi connectivity index (χ3n) is 3.48. The Morgan fingerprint density at radius 2 is 1.00 bits per heavy atom. The lowest BCUT2D eigenvalue weighted by molar-refractivity contribution is -0.163. The van der Waals surface area contributed by atoms with E-state index in [0.29, 0.717) is 51.6 Å². The van der Waals surface area contributed by atoms with E-state index < -0.39 is 36.0 Å². The van der Waals surface area contributed by atoms with Crippen LogP contribution in [0.4, 0.5) is 0 Å². The standard InChI is InChI=1S/C16H30N4O6/c17-9-3-5-11(19)15(23)25-13(21)7-1-2-8-14(22)26-16(24)12(20)6-4-10-18/h11-12H,1-10,17-20H2/t11-,12-/m1/s1. The number of carbonyl (C=O) groups is 4. The molecule has 0 saturated heterocycles. The minimum atomic E-state index is -0.882. The van der Waals surface area contributed by atoms with Crippen molar-refractivity contribution in [1.82, 2.24) is 0 Å². The van der Waals surface area contributed by atoms with Crippen LogP contribution in [0.3, 0.4) is 0 Å². The van der Waals surface area contributed by atoms with E-state index in [1.165, 1.54) is 0 Å². The van der Waals surface area contributed by atoms with Crippen molar-refractivity contribution in [3.63, 3.8) is 0 Å². The number of esters is 4. The Morgan fingerprint density at radius 3 is 1.31 bits per heavy atom. The summed E-state index contributed by atoms with van der Waals surface area (Å²) in [4.78, 5) is 46.1. The maximum absolute atomic E-state index is 11.5. The zero-order valence-corrected chi connectivity index (χ0v) is 15.0. The normalized spacial score (nSPS) is 12.9. The monoisotopic (exact) mass is 374 g/mol. The molecule has 2 atom stereocenters. The van der Waals surface area contributed by atoms with Gasteiger partial charge in [0.1, 0.15) is 12.1 Å². The Balaban J connectivity index is 3.90. The quantitative estimate of drug-likeness (QED) is 0.173. The van der Waals surface area contributed by atoms with E-state index in [9.17, 15) is 19.2 Å². The summed E-state index contributed by atoms with van der Waals surface area (Å²) in [6.07, 6.45) is 2.30. The van der Waals surface area contributed by atoms with E-state index in [1.54, 1.807) is 0 Å². The van der Waals surface area contributed by atoms with Gasteiger partial charge < -0.3 is 32.4 Å². The van der Waals surface area contributed by atoms with Gasteiger partial charge in [-0.05, 0) is 51.6 Å². The second-order valence-corrected chi connectivity index (χ2v) is 5.87. The molecule has 0 amide bonds. The van der Waals surface area contributed by atoms with E-state index in [0.717, 1.165) is 0 Å². The number of carbonyl (C=O) groups excluding carboxylic acids is 4. The van der Waals surface area contributed by atoms with Gasteiger partial charge in [-0.2, -0.15) is 0 Å². The molecule has 0 heterocycles. The predicted molar refractivity (Wildman–Crippen MR) is 93.2 cm³/mol. The molecule has 26 heavy (non-hydrogen) atoms. The molecular weight excluding hydrogens is 344 g/mol. The van der Waals surface area contributed by atoms with Crippen molar-refractivity contribution in [2.45, 2.75) is 63.5 Å². The summed E-state index contributed by atoms with van der Waals surface area (Å²) in [5.41, 5.74) is 21.7. The zero-order valence-electron chi connectivity index (χ0n) is 15.0. The highest BCUT2D eigenvalue weighted by atomic mass is 16.6. The second-order valence-electron chi connectivity index (χ2n) is 5.87. The van der Waals surface area contributed by atoms with E-state index in [4.69, 9.17) is 22.9 Å². The molecule has 150 valence electrons.